The lowest BCUT2D eigenvalue weighted by molar-refractivity contribution is 0.0950. The molecule has 1 aromatic carbocycles. The minimum absolute atomic E-state index is 0.165. The second kappa shape index (κ2) is 8.88. The van der Waals surface area contributed by atoms with Crippen molar-refractivity contribution in [3.05, 3.63) is 52.3 Å². The fourth-order valence-electron chi connectivity index (χ4n) is 3.78. The highest BCUT2D eigenvalue weighted by molar-refractivity contribution is 7.09. The zero-order chi connectivity index (χ0) is 20.2. The molecule has 1 N–H and O–H groups in total. The molecule has 4 rings (SSSR count). The molecular weight excluding hydrogens is 382 g/mol. The number of aromatic nitrogens is 2. The number of anilines is 1. The van der Waals surface area contributed by atoms with E-state index in [4.69, 9.17) is 0 Å². The van der Waals surface area contributed by atoms with Crippen LogP contribution in [0.4, 0.5) is 5.82 Å². The lowest BCUT2D eigenvalue weighted by Crippen LogP contribution is -2.49. The number of nitrogens with zero attached hydrogens (tertiary/aromatic N) is 4. The Labute approximate surface area is 175 Å². The maximum absolute atomic E-state index is 12.8. The molecule has 0 bridgehead atoms. The van der Waals surface area contributed by atoms with Crippen LogP contribution in [0.2, 0.25) is 0 Å². The van der Waals surface area contributed by atoms with Gasteiger partial charge in [-0.2, -0.15) is 0 Å². The Kier molecular flexibility index (Phi) is 6.06. The summed E-state index contributed by atoms with van der Waals surface area (Å²) in [6.07, 6.45) is 0.826. The third-order valence-corrected chi connectivity index (χ3v) is 6.40. The summed E-state index contributed by atoms with van der Waals surface area (Å²) in [5.41, 5.74) is 0.399. The predicted molar refractivity (Wildman–Crippen MR) is 119 cm³/mol. The molecule has 0 unspecified atom stereocenters. The normalized spacial score (nSPS) is 15.2. The van der Waals surface area contributed by atoms with Crippen LogP contribution in [0.1, 0.15) is 29.2 Å². The summed E-state index contributed by atoms with van der Waals surface area (Å²) in [5, 5.41) is 15.7. The number of hydrogen-bond donors (Lipinski definition) is 1. The molecule has 1 saturated heterocycles. The SMILES string of the molecule is CC(C)N1CCN(c2nnc(C(=O)NCCc3cccs3)c3ccccc23)CC1. The lowest BCUT2D eigenvalue weighted by Gasteiger charge is -2.37. The molecule has 0 spiro atoms. The first kappa shape index (κ1) is 19.8. The summed E-state index contributed by atoms with van der Waals surface area (Å²) < 4.78 is 0. The van der Waals surface area contributed by atoms with Gasteiger partial charge in [0.05, 0.1) is 0 Å². The van der Waals surface area contributed by atoms with Crippen LogP contribution in [0.5, 0.6) is 0 Å². The molecule has 0 aliphatic carbocycles. The molecule has 1 aliphatic heterocycles. The molecule has 2 aromatic heterocycles. The van der Waals surface area contributed by atoms with Crippen LogP contribution in [0.25, 0.3) is 10.8 Å². The van der Waals surface area contributed by atoms with E-state index < -0.39 is 0 Å². The molecule has 0 radical (unpaired) electrons. The van der Waals surface area contributed by atoms with Gasteiger partial charge < -0.3 is 10.2 Å². The Morgan fingerprint density at radius 1 is 1.07 bits per heavy atom. The van der Waals surface area contributed by atoms with Crippen molar-refractivity contribution in [3.63, 3.8) is 0 Å². The van der Waals surface area contributed by atoms with Crippen LogP contribution < -0.4 is 10.2 Å². The molecule has 7 heteroatoms. The van der Waals surface area contributed by atoms with Gasteiger partial charge in [0.25, 0.3) is 5.91 Å². The van der Waals surface area contributed by atoms with E-state index in [0.29, 0.717) is 18.3 Å². The van der Waals surface area contributed by atoms with Gasteiger partial charge in [-0.3, -0.25) is 9.69 Å². The number of amides is 1. The standard InChI is InChI=1S/C22H27N5OS/c1-16(2)26-11-13-27(14-12-26)21-19-8-4-3-7-18(19)20(24-25-21)22(28)23-10-9-17-6-5-15-29-17/h3-8,15-16H,9-14H2,1-2H3,(H,23,28). The average Bonchev–Trinajstić information content (AvgIpc) is 3.26. The second-order valence-corrected chi connectivity index (χ2v) is 8.65. The maximum Gasteiger partial charge on any atom is 0.272 e. The predicted octanol–water partition coefficient (Wildman–Crippen LogP) is 3.19. The quantitative estimate of drug-likeness (QED) is 0.677. The summed E-state index contributed by atoms with van der Waals surface area (Å²) in [6.45, 7) is 8.92. The van der Waals surface area contributed by atoms with Crippen LogP contribution in [0.15, 0.2) is 41.8 Å². The van der Waals surface area contributed by atoms with E-state index in [0.717, 1.165) is 49.2 Å². The molecule has 1 fully saturated rings. The highest BCUT2D eigenvalue weighted by Crippen LogP contribution is 2.27. The molecular formula is C22H27N5OS. The Balaban J connectivity index is 1.51. The van der Waals surface area contributed by atoms with Crippen LogP contribution >= 0.6 is 11.3 Å². The molecule has 1 amide bonds. The fourth-order valence-corrected chi connectivity index (χ4v) is 4.49. The van der Waals surface area contributed by atoms with Crippen molar-refractivity contribution >= 4 is 33.8 Å². The van der Waals surface area contributed by atoms with Gasteiger partial charge in [-0.25, -0.2) is 0 Å². The molecule has 3 aromatic rings. The van der Waals surface area contributed by atoms with Gasteiger partial charge in [-0.1, -0.05) is 30.3 Å². The van der Waals surface area contributed by atoms with E-state index in [9.17, 15) is 4.79 Å². The van der Waals surface area contributed by atoms with Crippen molar-refractivity contribution in [2.45, 2.75) is 26.3 Å². The molecule has 3 heterocycles. The maximum atomic E-state index is 12.8. The number of carbonyl (C=O) groups is 1. The molecule has 0 atom stereocenters. The summed E-state index contributed by atoms with van der Waals surface area (Å²) in [6, 6.07) is 12.6. The molecule has 29 heavy (non-hydrogen) atoms. The number of thiophene rings is 1. The van der Waals surface area contributed by atoms with Gasteiger partial charge >= 0.3 is 0 Å². The second-order valence-electron chi connectivity index (χ2n) is 7.62. The van der Waals surface area contributed by atoms with Crippen LogP contribution in [0, 0.1) is 0 Å². The topological polar surface area (TPSA) is 61.4 Å². The van der Waals surface area contributed by atoms with Gasteiger partial charge in [0.15, 0.2) is 11.5 Å². The molecule has 1 aliphatic rings. The van der Waals surface area contributed by atoms with E-state index >= 15 is 0 Å². The van der Waals surface area contributed by atoms with Crippen molar-refractivity contribution < 1.29 is 4.79 Å². The average molecular weight is 410 g/mol. The number of rotatable bonds is 6. The number of carbonyl (C=O) groups excluding carboxylic acids is 1. The third-order valence-electron chi connectivity index (χ3n) is 5.46. The summed E-state index contributed by atoms with van der Waals surface area (Å²) >= 11 is 1.70. The smallest absolute Gasteiger partial charge is 0.272 e. The number of hydrogen-bond acceptors (Lipinski definition) is 6. The monoisotopic (exact) mass is 409 g/mol. The van der Waals surface area contributed by atoms with Gasteiger partial charge in [-0.15, -0.1) is 21.5 Å². The van der Waals surface area contributed by atoms with E-state index in [1.165, 1.54) is 4.88 Å². The summed E-state index contributed by atoms with van der Waals surface area (Å²) in [7, 11) is 0. The number of fused-ring (bicyclic) bond motifs is 1. The van der Waals surface area contributed by atoms with Crippen LogP contribution in [-0.2, 0) is 6.42 Å². The lowest BCUT2D eigenvalue weighted by atomic mass is 10.1. The number of nitrogens with one attached hydrogen (secondary N) is 1. The van der Waals surface area contributed by atoms with Crippen molar-refractivity contribution in [2.24, 2.45) is 0 Å². The van der Waals surface area contributed by atoms with Crippen molar-refractivity contribution in [1.29, 1.82) is 0 Å². The van der Waals surface area contributed by atoms with Gasteiger partial charge in [0.1, 0.15) is 0 Å². The summed E-state index contributed by atoms with van der Waals surface area (Å²) in [5.74, 6) is 0.709. The Bertz CT molecular complexity index is 965. The van der Waals surface area contributed by atoms with Crippen LogP contribution in [-0.4, -0.2) is 59.8 Å². The zero-order valence-electron chi connectivity index (χ0n) is 17.0. The van der Waals surface area contributed by atoms with Gasteiger partial charge in [-0.05, 0) is 31.7 Å². The first-order valence-corrected chi connectivity index (χ1v) is 11.1. The van der Waals surface area contributed by atoms with E-state index in [1.54, 1.807) is 11.3 Å². The summed E-state index contributed by atoms with van der Waals surface area (Å²) in [4.78, 5) is 18.8. The highest BCUT2D eigenvalue weighted by Gasteiger charge is 2.23. The van der Waals surface area contributed by atoms with Gasteiger partial charge in [0, 0.05) is 54.4 Å². The third kappa shape index (κ3) is 4.41. The van der Waals surface area contributed by atoms with Gasteiger partial charge in [0.2, 0.25) is 0 Å². The number of piperazine rings is 1. The molecule has 6 nitrogen and oxygen atoms in total. The van der Waals surface area contributed by atoms with Crippen molar-refractivity contribution in [2.75, 3.05) is 37.6 Å². The highest BCUT2D eigenvalue weighted by atomic mass is 32.1. The van der Waals surface area contributed by atoms with E-state index in [2.05, 4.69) is 50.6 Å². The molecule has 0 saturated carbocycles. The number of benzene rings is 1. The Morgan fingerprint density at radius 2 is 1.83 bits per heavy atom. The fraction of sp³-hybridized carbons (Fsp3) is 0.409. The largest absolute Gasteiger partial charge is 0.352 e. The van der Waals surface area contributed by atoms with E-state index in [1.807, 2.05) is 30.3 Å². The van der Waals surface area contributed by atoms with Crippen molar-refractivity contribution in [1.82, 2.24) is 20.4 Å². The van der Waals surface area contributed by atoms with Crippen LogP contribution in [0.3, 0.4) is 0 Å². The zero-order valence-corrected chi connectivity index (χ0v) is 17.8. The first-order chi connectivity index (χ1) is 14.1. The molecule has 152 valence electrons. The Hall–Kier alpha value is -2.51. The Morgan fingerprint density at radius 3 is 2.52 bits per heavy atom. The van der Waals surface area contributed by atoms with Crippen molar-refractivity contribution in [3.8, 4) is 0 Å². The minimum Gasteiger partial charge on any atom is -0.352 e. The first-order valence-electron chi connectivity index (χ1n) is 10.2. The van der Waals surface area contributed by atoms with E-state index in [-0.39, 0.29) is 5.91 Å². The minimum atomic E-state index is -0.165.